The van der Waals surface area contributed by atoms with Gasteiger partial charge in [0.05, 0.1) is 27.6 Å². The van der Waals surface area contributed by atoms with Gasteiger partial charge in [0.15, 0.2) is 12.4 Å². The molecule has 0 saturated carbocycles. The van der Waals surface area contributed by atoms with Gasteiger partial charge in [0.1, 0.15) is 6.54 Å². The number of carbonyl (C=O) groups excluding carboxylic acids is 3. The first kappa shape index (κ1) is 15.6. The van der Waals surface area contributed by atoms with Crippen LogP contribution < -0.4 is 5.11 Å². The van der Waals surface area contributed by atoms with Crippen LogP contribution in [-0.4, -0.2) is 56.5 Å². The van der Waals surface area contributed by atoms with Crippen LogP contribution in [0.5, 0.6) is 0 Å². The Morgan fingerprint density at radius 2 is 1.94 bits per heavy atom. The molecule has 0 aliphatic rings. The molecule has 0 aliphatic carbocycles. The van der Waals surface area contributed by atoms with Crippen molar-refractivity contribution in [2.75, 3.05) is 27.7 Å². The Morgan fingerprint density at radius 3 is 2.35 bits per heavy atom. The molecule has 1 radical (unpaired) electrons. The number of carbonyl (C=O) groups is 2. The highest BCUT2D eigenvalue weighted by Gasteiger charge is 2.22. The molecule has 17 heavy (non-hydrogen) atoms. The smallest absolute Gasteiger partial charge is 0.306 e. The molecule has 1 unspecified atom stereocenters. The topological polar surface area (TPSA) is 83.5 Å². The summed E-state index contributed by atoms with van der Waals surface area (Å²) in [4.78, 5) is 31.7. The average molecular weight is 244 g/mol. The zero-order valence-corrected chi connectivity index (χ0v) is 10.4. The van der Waals surface area contributed by atoms with Crippen molar-refractivity contribution >= 4 is 18.2 Å². The number of nitrogens with zero attached hydrogens (tertiary/aromatic N) is 1. The fourth-order valence-corrected chi connectivity index (χ4v) is 1.34. The molecule has 6 nitrogen and oxygen atoms in total. The fourth-order valence-electron chi connectivity index (χ4n) is 1.34. The normalized spacial score (nSPS) is 12.9. The zero-order chi connectivity index (χ0) is 13.5. The van der Waals surface area contributed by atoms with Crippen LogP contribution in [0.3, 0.4) is 0 Å². The molecule has 1 atom stereocenters. The number of quaternary nitrogens is 1. The first-order chi connectivity index (χ1) is 7.74. The van der Waals surface area contributed by atoms with E-state index in [1.807, 2.05) is 21.1 Å². The second-order valence-corrected chi connectivity index (χ2v) is 4.81. The van der Waals surface area contributed by atoms with Gasteiger partial charge in [-0.2, -0.15) is 0 Å². The molecule has 0 spiro atoms. The molecule has 0 aromatic heterocycles. The van der Waals surface area contributed by atoms with Gasteiger partial charge in [-0.3, -0.25) is 9.59 Å². The van der Waals surface area contributed by atoms with Gasteiger partial charge in [-0.25, -0.2) is 0 Å². The SMILES string of the molecule is C[N+](C)(C)CC(CC(=O)[O-])OC(=O)CC[C]=O. The lowest BCUT2D eigenvalue weighted by Gasteiger charge is -2.29. The number of likely N-dealkylation sites (N-methyl/N-ethyl adjacent to an activating group) is 1. The van der Waals surface area contributed by atoms with Crippen molar-refractivity contribution in [2.24, 2.45) is 0 Å². The van der Waals surface area contributed by atoms with E-state index in [4.69, 9.17) is 4.74 Å². The van der Waals surface area contributed by atoms with Gasteiger partial charge in [-0.05, 0) is 0 Å². The van der Waals surface area contributed by atoms with Crippen LogP contribution in [0.25, 0.3) is 0 Å². The molecule has 0 N–H and O–H groups in total. The van der Waals surface area contributed by atoms with Crippen molar-refractivity contribution in [3.05, 3.63) is 0 Å². The largest absolute Gasteiger partial charge is 0.550 e. The second kappa shape index (κ2) is 7.01. The van der Waals surface area contributed by atoms with E-state index >= 15 is 0 Å². The third-order valence-electron chi connectivity index (χ3n) is 1.87. The number of esters is 1. The fraction of sp³-hybridized carbons (Fsp3) is 0.727. The minimum atomic E-state index is -1.27. The van der Waals surface area contributed by atoms with Crippen molar-refractivity contribution in [3.63, 3.8) is 0 Å². The summed E-state index contributed by atoms with van der Waals surface area (Å²) in [5.74, 6) is -1.86. The molecule has 0 rings (SSSR count). The maximum atomic E-state index is 11.3. The van der Waals surface area contributed by atoms with Crippen LogP contribution in [0.15, 0.2) is 0 Å². The van der Waals surface area contributed by atoms with E-state index in [2.05, 4.69) is 0 Å². The van der Waals surface area contributed by atoms with E-state index in [9.17, 15) is 19.5 Å². The molecule has 0 saturated heterocycles. The highest BCUT2D eigenvalue weighted by Crippen LogP contribution is 2.06. The van der Waals surface area contributed by atoms with E-state index < -0.39 is 18.0 Å². The maximum Gasteiger partial charge on any atom is 0.306 e. The van der Waals surface area contributed by atoms with Crippen LogP contribution in [0.1, 0.15) is 19.3 Å². The summed E-state index contributed by atoms with van der Waals surface area (Å²) >= 11 is 0. The molecule has 0 aromatic carbocycles. The third-order valence-corrected chi connectivity index (χ3v) is 1.87. The molecular formula is C11H18NO5. The number of carboxylic acid groups (broad SMARTS) is 1. The lowest BCUT2D eigenvalue weighted by atomic mass is 10.2. The number of hydrogen-bond donors (Lipinski definition) is 0. The summed E-state index contributed by atoms with van der Waals surface area (Å²) in [7, 11) is 5.57. The molecule has 0 aromatic rings. The van der Waals surface area contributed by atoms with Gasteiger partial charge < -0.3 is 19.1 Å². The number of hydrogen-bond acceptors (Lipinski definition) is 5. The van der Waals surface area contributed by atoms with Crippen molar-refractivity contribution in [3.8, 4) is 0 Å². The number of carboxylic acids is 1. The van der Waals surface area contributed by atoms with Gasteiger partial charge >= 0.3 is 5.97 Å². The average Bonchev–Trinajstić information content (AvgIpc) is 2.10. The minimum absolute atomic E-state index is 0.0404. The molecule has 0 fully saturated rings. The highest BCUT2D eigenvalue weighted by atomic mass is 16.5. The molecule has 0 aliphatic heterocycles. The Bertz CT molecular complexity index is 282. The molecule has 0 amide bonds. The Labute approximate surface area is 101 Å². The predicted octanol–water partition coefficient (Wildman–Crippen LogP) is -1.37. The van der Waals surface area contributed by atoms with Crippen LogP contribution in [-0.2, 0) is 19.1 Å². The van der Waals surface area contributed by atoms with E-state index in [1.165, 1.54) is 0 Å². The van der Waals surface area contributed by atoms with E-state index in [0.717, 1.165) is 0 Å². The molecule has 6 heteroatoms. The van der Waals surface area contributed by atoms with Crippen molar-refractivity contribution in [1.29, 1.82) is 0 Å². The number of rotatable bonds is 8. The van der Waals surface area contributed by atoms with Crippen molar-refractivity contribution < 1.29 is 28.7 Å². The summed E-state index contributed by atoms with van der Waals surface area (Å²) in [6.45, 7) is 0.366. The lowest BCUT2D eigenvalue weighted by Crippen LogP contribution is -2.45. The Kier molecular flexibility index (Phi) is 6.42. The molecule has 0 heterocycles. The molecule has 0 bridgehead atoms. The summed E-state index contributed by atoms with van der Waals surface area (Å²) < 4.78 is 5.45. The highest BCUT2D eigenvalue weighted by molar-refractivity contribution is 5.73. The van der Waals surface area contributed by atoms with Gasteiger partial charge in [0, 0.05) is 18.8 Å². The van der Waals surface area contributed by atoms with Crippen molar-refractivity contribution in [2.45, 2.75) is 25.4 Å². The van der Waals surface area contributed by atoms with Crippen LogP contribution in [0, 0.1) is 0 Å². The van der Waals surface area contributed by atoms with Gasteiger partial charge in [-0.15, -0.1) is 0 Å². The van der Waals surface area contributed by atoms with Gasteiger partial charge in [0.25, 0.3) is 0 Å². The summed E-state index contributed by atoms with van der Waals surface area (Å²) in [5, 5.41) is 10.5. The summed E-state index contributed by atoms with van der Waals surface area (Å²) in [6.07, 6.45) is 0.380. The van der Waals surface area contributed by atoms with Gasteiger partial charge in [0.2, 0.25) is 0 Å². The maximum absolute atomic E-state index is 11.3. The van der Waals surface area contributed by atoms with E-state index in [0.29, 0.717) is 11.0 Å². The van der Waals surface area contributed by atoms with Crippen LogP contribution in [0.2, 0.25) is 0 Å². The monoisotopic (exact) mass is 244 g/mol. The number of aliphatic carboxylic acids is 1. The summed E-state index contributed by atoms with van der Waals surface area (Å²) in [6, 6.07) is 0. The Hall–Kier alpha value is -1.43. The molecular weight excluding hydrogens is 226 g/mol. The minimum Gasteiger partial charge on any atom is -0.550 e. The summed E-state index contributed by atoms with van der Waals surface area (Å²) in [5.41, 5.74) is 0. The van der Waals surface area contributed by atoms with Crippen LogP contribution >= 0.6 is 0 Å². The zero-order valence-electron chi connectivity index (χ0n) is 10.4. The van der Waals surface area contributed by atoms with E-state index in [1.54, 1.807) is 6.29 Å². The Morgan fingerprint density at radius 1 is 1.35 bits per heavy atom. The first-order valence-electron chi connectivity index (χ1n) is 5.29. The molecule has 97 valence electrons. The quantitative estimate of drug-likeness (QED) is 0.389. The van der Waals surface area contributed by atoms with Crippen LogP contribution in [0.4, 0.5) is 0 Å². The predicted molar refractivity (Wildman–Crippen MR) is 57.3 cm³/mol. The standard InChI is InChI=1S/C11H18NO5/c1-12(2,3)8-9(7-10(14)15)17-11(16)5-4-6-13/h9H,4-5,7-8H2,1-3H3. The van der Waals surface area contributed by atoms with Gasteiger partial charge in [-0.1, -0.05) is 0 Å². The lowest BCUT2D eigenvalue weighted by molar-refractivity contribution is -0.873. The Balaban J connectivity index is 4.32. The third kappa shape index (κ3) is 9.50. The second-order valence-electron chi connectivity index (χ2n) is 4.81. The number of ether oxygens (including phenoxy) is 1. The van der Waals surface area contributed by atoms with E-state index in [-0.39, 0.29) is 19.3 Å². The first-order valence-corrected chi connectivity index (χ1v) is 5.29. The van der Waals surface area contributed by atoms with Crippen molar-refractivity contribution in [1.82, 2.24) is 0 Å².